The Bertz CT molecular complexity index is 1360. The molecule has 0 heterocycles. The minimum absolute atomic E-state index is 0.137. The molecule has 0 fully saturated rings. The number of benzene rings is 3. The molecule has 3 aromatic rings. The second-order valence-electron chi connectivity index (χ2n) is 9.82. The summed E-state index contributed by atoms with van der Waals surface area (Å²) in [4.78, 5) is 13.4. The highest BCUT2D eigenvalue weighted by atomic mass is 32.2. The molecule has 0 saturated carbocycles. The Labute approximate surface area is 230 Å². The third kappa shape index (κ3) is 7.42. The average Bonchev–Trinajstić information content (AvgIpc) is 3.26. The number of carbonyl (C=O) groups excluding carboxylic acids is 1. The lowest BCUT2D eigenvalue weighted by molar-refractivity contribution is -0.159. The maximum absolute atomic E-state index is 13.3. The number of esters is 1. The van der Waals surface area contributed by atoms with Crippen LogP contribution >= 0.6 is 0 Å². The van der Waals surface area contributed by atoms with Crippen LogP contribution in [0.2, 0.25) is 0 Å². The van der Waals surface area contributed by atoms with Crippen molar-refractivity contribution >= 4 is 16.0 Å². The Balaban J connectivity index is 1.43. The molecule has 206 valence electrons. The van der Waals surface area contributed by atoms with Crippen molar-refractivity contribution in [2.75, 3.05) is 6.61 Å². The normalized spacial score (nSPS) is 18.2. The van der Waals surface area contributed by atoms with E-state index in [1.807, 2.05) is 61.5 Å². The van der Waals surface area contributed by atoms with Crippen LogP contribution in [0.15, 0.2) is 96.4 Å². The van der Waals surface area contributed by atoms with Gasteiger partial charge in [0.2, 0.25) is 10.0 Å². The second kappa shape index (κ2) is 13.2. The Morgan fingerprint density at radius 2 is 1.77 bits per heavy atom. The molecule has 4 rings (SSSR count). The van der Waals surface area contributed by atoms with Gasteiger partial charge in [-0.25, -0.2) is 8.42 Å². The number of aryl methyl sites for hydroxylation is 1. The van der Waals surface area contributed by atoms with Crippen LogP contribution in [0.3, 0.4) is 0 Å². The summed E-state index contributed by atoms with van der Waals surface area (Å²) in [5.41, 5.74) is 3.64. The van der Waals surface area contributed by atoms with Crippen LogP contribution in [0.25, 0.3) is 0 Å². The topological polar surface area (TPSA) is 102 Å². The molecular formula is C31H35NO6S. The van der Waals surface area contributed by atoms with E-state index in [0.717, 1.165) is 22.3 Å². The van der Waals surface area contributed by atoms with Gasteiger partial charge in [0.25, 0.3) is 0 Å². The van der Waals surface area contributed by atoms with E-state index in [1.54, 1.807) is 30.3 Å². The fourth-order valence-corrected chi connectivity index (χ4v) is 6.00. The van der Waals surface area contributed by atoms with Crippen molar-refractivity contribution in [3.8, 4) is 0 Å². The predicted molar refractivity (Wildman–Crippen MR) is 149 cm³/mol. The van der Waals surface area contributed by atoms with Crippen molar-refractivity contribution in [3.05, 3.63) is 114 Å². The van der Waals surface area contributed by atoms with Crippen LogP contribution in [0.5, 0.6) is 0 Å². The highest BCUT2D eigenvalue weighted by Crippen LogP contribution is 2.35. The molecule has 0 amide bonds. The van der Waals surface area contributed by atoms with E-state index >= 15 is 0 Å². The van der Waals surface area contributed by atoms with Gasteiger partial charge in [0.05, 0.1) is 29.6 Å². The van der Waals surface area contributed by atoms with E-state index in [0.29, 0.717) is 13.0 Å². The molecule has 0 bridgehead atoms. The summed E-state index contributed by atoms with van der Waals surface area (Å²) in [6, 6.07) is 23.0. The smallest absolute Gasteiger partial charge is 0.312 e. The number of hydrogen-bond donors (Lipinski definition) is 2. The van der Waals surface area contributed by atoms with E-state index in [1.165, 1.54) is 0 Å². The molecule has 0 aromatic heterocycles. The third-order valence-electron chi connectivity index (χ3n) is 6.92. The molecule has 4 atom stereocenters. The Morgan fingerprint density at radius 3 is 2.49 bits per heavy atom. The van der Waals surface area contributed by atoms with Gasteiger partial charge >= 0.3 is 5.97 Å². The zero-order valence-electron chi connectivity index (χ0n) is 22.0. The summed E-state index contributed by atoms with van der Waals surface area (Å²) < 4.78 is 40.8. The molecule has 1 aliphatic rings. The van der Waals surface area contributed by atoms with Crippen molar-refractivity contribution in [2.45, 2.75) is 55.9 Å². The van der Waals surface area contributed by atoms with Gasteiger partial charge in [-0.2, -0.15) is 4.72 Å². The first-order valence-electron chi connectivity index (χ1n) is 13.1. The number of carbonyl (C=O) groups is 1. The standard InChI is InChI=1S/C31H35NO6S/c1-3-9-27(28(33)18-19-37-21-23-10-5-4-6-11-23)31(34)38-29-20-24-12-7-8-13-26(24)30(29)32-39(35,36)25-16-14-22(2)15-17-25/h3-8,10-17,27-30,32-33H,1,9,18-21H2,2H3/t27-,28+,29+,30-/m1/s1. The minimum atomic E-state index is -3.88. The zero-order valence-corrected chi connectivity index (χ0v) is 22.8. The predicted octanol–water partition coefficient (Wildman–Crippen LogP) is 4.64. The number of allylic oxidation sites excluding steroid dienone is 1. The summed E-state index contributed by atoms with van der Waals surface area (Å²) in [6.07, 6.45) is 0.635. The minimum Gasteiger partial charge on any atom is -0.460 e. The van der Waals surface area contributed by atoms with Crippen LogP contribution in [0.1, 0.15) is 41.1 Å². The number of aliphatic hydroxyl groups is 1. The number of nitrogens with one attached hydrogen (secondary N) is 1. The van der Waals surface area contributed by atoms with Crippen molar-refractivity contribution in [2.24, 2.45) is 5.92 Å². The van der Waals surface area contributed by atoms with Gasteiger partial charge in [0.1, 0.15) is 6.10 Å². The van der Waals surface area contributed by atoms with Crippen molar-refractivity contribution in [3.63, 3.8) is 0 Å². The van der Waals surface area contributed by atoms with Gasteiger partial charge in [-0.05, 0) is 48.6 Å². The maximum Gasteiger partial charge on any atom is 0.312 e. The highest BCUT2D eigenvalue weighted by molar-refractivity contribution is 7.89. The first kappa shape index (κ1) is 28.7. The molecule has 39 heavy (non-hydrogen) atoms. The van der Waals surface area contributed by atoms with E-state index in [2.05, 4.69) is 11.3 Å². The summed E-state index contributed by atoms with van der Waals surface area (Å²) >= 11 is 0. The average molecular weight is 550 g/mol. The summed E-state index contributed by atoms with van der Waals surface area (Å²) in [5.74, 6) is -1.44. The van der Waals surface area contributed by atoms with Gasteiger partial charge < -0.3 is 14.6 Å². The van der Waals surface area contributed by atoms with Crippen molar-refractivity contribution in [1.29, 1.82) is 0 Å². The van der Waals surface area contributed by atoms with Crippen molar-refractivity contribution in [1.82, 2.24) is 4.72 Å². The Morgan fingerprint density at radius 1 is 1.08 bits per heavy atom. The SMILES string of the molecule is C=CC[C@@H](C(=O)O[C@H]1Cc2ccccc2[C@H]1NS(=O)(=O)c1ccc(C)cc1)[C@@H](O)CCOCc1ccccc1. The van der Waals surface area contributed by atoms with E-state index < -0.39 is 40.2 Å². The van der Waals surface area contributed by atoms with Gasteiger partial charge in [-0.3, -0.25) is 4.79 Å². The highest BCUT2D eigenvalue weighted by Gasteiger charge is 2.40. The molecular weight excluding hydrogens is 514 g/mol. The fourth-order valence-electron chi connectivity index (χ4n) is 4.76. The fraction of sp³-hybridized carbons (Fsp3) is 0.323. The van der Waals surface area contributed by atoms with Crippen LogP contribution in [-0.4, -0.2) is 38.3 Å². The first-order chi connectivity index (χ1) is 18.8. The number of ether oxygens (including phenoxy) is 2. The molecule has 7 nitrogen and oxygen atoms in total. The Hall–Kier alpha value is -3.30. The number of fused-ring (bicyclic) bond motifs is 1. The summed E-state index contributed by atoms with van der Waals surface area (Å²) in [6.45, 7) is 6.29. The van der Waals surface area contributed by atoms with Gasteiger partial charge in [-0.15, -0.1) is 6.58 Å². The van der Waals surface area contributed by atoms with Crippen LogP contribution in [0.4, 0.5) is 0 Å². The van der Waals surface area contributed by atoms with Crippen LogP contribution in [-0.2, 0) is 37.3 Å². The molecule has 0 radical (unpaired) electrons. The van der Waals surface area contributed by atoms with E-state index in [4.69, 9.17) is 9.47 Å². The largest absolute Gasteiger partial charge is 0.460 e. The number of aliphatic hydroxyl groups excluding tert-OH is 1. The molecule has 8 heteroatoms. The molecule has 0 spiro atoms. The zero-order chi connectivity index (χ0) is 27.8. The summed E-state index contributed by atoms with van der Waals surface area (Å²) in [5, 5.41) is 10.8. The maximum atomic E-state index is 13.3. The molecule has 3 aromatic carbocycles. The van der Waals surface area contributed by atoms with Gasteiger partial charge in [0, 0.05) is 13.0 Å². The van der Waals surface area contributed by atoms with Crippen molar-refractivity contribution < 1.29 is 27.8 Å². The third-order valence-corrected chi connectivity index (χ3v) is 8.38. The van der Waals surface area contributed by atoms with Crippen LogP contribution in [0, 0.1) is 12.8 Å². The number of hydrogen-bond acceptors (Lipinski definition) is 6. The lowest BCUT2D eigenvalue weighted by Gasteiger charge is -2.26. The van der Waals surface area contributed by atoms with E-state index in [-0.39, 0.29) is 24.3 Å². The lowest BCUT2D eigenvalue weighted by Crippen LogP contribution is -2.39. The van der Waals surface area contributed by atoms with Crippen LogP contribution < -0.4 is 4.72 Å². The Kier molecular flexibility index (Phi) is 9.69. The van der Waals surface area contributed by atoms with Gasteiger partial charge in [0.15, 0.2) is 0 Å². The number of rotatable bonds is 13. The van der Waals surface area contributed by atoms with Gasteiger partial charge in [-0.1, -0.05) is 78.4 Å². The lowest BCUT2D eigenvalue weighted by atomic mass is 9.96. The molecule has 0 unspecified atom stereocenters. The molecule has 2 N–H and O–H groups in total. The first-order valence-corrected chi connectivity index (χ1v) is 14.5. The summed E-state index contributed by atoms with van der Waals surface area (Å²) in [7, 11) is -3.88. The molecule has 0 saturated heterocycles. The quantitative estimate of drug-likeness (QED) is 0.183. The van der Waals surface area contributed by atoms with E-state index in [9.17, 15) is 18.3 Å². The number of sulfonamides is 1. The monoisotopic (exact) mass is 549 g/mol. The molecule has 0 aliphatic heterocycles. The molecule has 1 aliphatic carbocycles. The second-order valence-corrected chi connectivity index (χ2v) is 11.5.